The molecule has 1 atom stereocenters. The fourth-order valence-electron chi connectivity index (χ4n) is 3.17. The van der Waals surface area contributed by atoms with Crippen LogP contribution in [0.15, 0.2) is 42.5 Å². The van der Waals surface area contributed by atoms with Crippen LogP contribution in [0.5, 0.6) is 0 Å². The van der Waals surface area contributed by atoms with Crippen molar-refractivity contribution in [1.82, 2.24) is 10.2 Å². The molecular weight excluding hydrogens is 345 g/mol. The van der Waals surface area contributed by atoms with E-state index in [4.69, 9.17) is 0 Å². The number of alkyl halides is 3. The van der Waals surface area contributed by atoms with Crippen LogP contribution >= 0.6 is 0 Å². The van der Waals surface area contributed by atoms with E-state index in [0.717, 1.165) is 10.8 Å². The van der Waals surface area contributed by atoms with Crippen LogP contribution in [-0.4, -0.2) is 42.5 Å². The highest BCUT2D eigenvalue weighted by molar-refractivity contribution is 6.00. The Morgan fingerprint density at radius 2 is 1.85 bits per heavy atom. The number of benzene rings is 2. The van der Waals surface area contributed by atoms with Gasteiger partial charge in [-0.25, -0.2) is 0 Å². The lowest BCUT2D eigenvalue weighted by Gasteiger charge is -2.33. The molecule has 0 spiro atoms. The molecule has 0 radical (unpaired) electrons. The average molecular weight is 364 g/mol. The maximum Gasteiger partial charge on any atom is 0.393 e. The molecule has 1 N–H and O–H groups in total. The quantitative estimate of drug-likeness (QED) is 0.908. The molecule has 1 heterocycles. The minimum absolute atomic E-state index is 0.0384. The number of carbonyl (C=O) groups is 2. The number of piperidine rings is 1. The van der Waals surface area contributed by atoms with Gasteiger partial charge in [-0.1, -0.05) is 30.3 Å². The van der Waals surface area contributed by atoms with Gasteiger partial charge in [0.25, 0.3) is 5.91 Å². The molecule has 7 heteroatoms. The van der Waals surface area contributed by atoms with E-state index in [2.05, 4.69) is 5.32 Å². The number of fused-ring (bicyclic) bond motifs is 1. The van der Waals surface area contributed by atoms with Gasteiger partial charge in [0.2, 0.25) is 5.91 Å². The molecule has 0 bridgehead atoms. The van der Waals surface area contributed by atoms with Crippen molar-refractivity contribution < 1.29 is 22.8 Å². The van der Waals surface area contributed by atoms with Crippen molar-refractivity contribution in [2.75, 3.05) is 19.6 Å². The van der Waals surface area contributed by atoms with E-state index in [9.17, 15) is 22.8 Å². The molecule has 4 nitrogen and oxygen atoms in total. The number of carbonyl (C=O) groups excluding carboxylic acids is 2. The molecule has 1 fully saturated rings. The molecule has 1 aliphatic heterocycles. The second-order valence-corrected chi connectivity index (χ2v) is 6.47. The SMILES string of the molecule is O=C(NCC(=O)N1CCC[C@@H](C(F)(F)F)C1)c1ccc2ccccc2c1. The van der Waals surface area contributed by atoms with Gasteiger partial charge < -0.3 is 10.2 Å². The highest BCUT2D eigenvalue weighted by Crippen LogP contribution is 2.33. The van der Waals surface area contributed by atoms with Crippen LogP contribution < -0.4 is 5.32 Å². The summed E-state index contributed by atoms with van der Waals surface area (Å²) in [5, 5.41) is 4.39. The van der Waals surface area contributed by atoms with Gasteiger partial charge in [0.15, 0.2) is 0 Å². The molecule has 138 valence electrons. The predicted molar refractivity (Wildman–Crippen MR) is 91.6 cm³/mol. The van der Waals surface area contributed by atoms with Gasteiger partial charge in [-0.3, -0.25) is 9.59 Å². The fourth-order valence-corrected chi connectivity index (χ4v) is 3.17. The molecule has 0 unspecified atom stereocenters. The normalized spacial score (nSPS) is 18.0. The number of nitrogens with one attached hydrogen (secondary N) is 1. The first kappa shape index (κ1) is 18.2. The number of amides is 2. The summed E-state index contributed by atoms with van der Waals surface area (Å²) in [5.41, 5.74) is 0.406. The lowest BCUT2D eigenvalue weighted by atomic mass is 9.97. The third kappa shape index (κ3) is 4.15. The minimum atomic E-state index is -4.30. The summed E-state index contributed by atoms with van der Waals surface area (Å²) in [6.45, 7) is -0.359. The Morgan fingerprint density at radius 1 is 1.12 bits per heavy atom. The Bertz CT molecular complexity index is 820. The minimum Gasteiger partial charge on any atom is -0.343 e. The summed E-state index contributed by atoms with van der Waals surface area (Å²) in [7, 11) is 0. The number of hydrogen-bond donors (Lipinski definition) is 1. The van der Waals surface area contributed by atoms with Gasteiger partial charge in [-0.05, 0) is 35.7 Å². The van der Waals surface area contributed by atoms with E-state index >= 15 is 0 Å². The van der Waals surface area contributed by atoms with E-state index in [0.29, 0.717) is 12.0 Å². The van der Waals surface area contributed by atoms with Crippen LogP contribution in [0.1, 0.15) is 23.2 Å². The van der Waals surface area contributed by atoms with Crippen LogP contribution in [-0.2, 0) is 4.79 Å². The Balaban J connectivity index is 1.58. The average Bonchev–Trinajstić information content (AvgIpc) is 2.64. The zero-order valence-electron chi connectivity index (χ0n) is 14.1. The molecule has 26 heavy (non-hydrogen) atoms. The zero-order valence-corrected chi connectivity index (χ0v) is 14.1. The van der Waals surface area contributed by atoms with Crippen molar-refractivity contribution in [2.45, 2.75) is 19.0 Å². The Labute approximate surface area is 149 Å². The second-order valence-electron chi connectivity index (χ2n) is 6.47. The molecule has 2 amide bonds. The molecule has 0 aromatic heterocycles. The molecule has 2 aromatic carbocycles. The van der Waals surface area contributed by atoms with E-state index in [-0.39, 0.29) is 26.1 Å². The lowest BCUT2D eigenvalue weighted by molar-refractivity contribution is -0.187. The monoisotopic (exact) mass is 364 g/mol. The number of rotatable bonds is 3. The third-order valence-electron chi connectivity index (χ3n) is 4.65. The van der Waals surface area contributed by atoms with E-state index < -0.39 is 23.9 Å². The zero-order chi connectivity index (χ0) is 18.7. The molecule has 3 rings (SSSR count). The highest BCUT2D eigenvalue weighted by Gasteiger charge is 2.42. The van der Waals surface area contributed by atoms with Gasteiger partial charge in [0.1, 0.15) is 0 Å². The second kappa shape index (κ2) is 7.35. The van der Waals surface area contributed by atoms with Crippen LogP contribution in [0.3, 0.4) is 0 Å². The van der Waals surface area contributed by atoms with Crippen molar-refractivity contribution in [1.29, 1.82) is 0 Å². The Hall–Kier alpha value is -2.57. The number of likely N-dealkylation sites (tertiary alicyclic amines) is 1. The van der Waals surface area contributed by atoms with Gasteiger partial charge >= 0.3 is 6.18 Å². The topological polar surface area (TPSA) is 49.4 Å². The molecular formula is C19H19F3N2O2. The fraction of sp³-hybridized carbons (Fsp3) is 0.368. The summed E-state index contributed by atoms with van der Waals surface area (Å²) in [6, 6.07) is 12.7. The molecule has 1 saturated heterocycles. The largest absolute Gasteiger partial charge is 0.393 e. The van der Waals surface area contributed by atoms with Crippen molar-refractivity contribution >= 4 is 22.6 Å². The van der Waals surface area contributed by atoms with Gasteiger partial charge in [0, 0.05) is 18.7 Å². The Kier molecular flexibility index (Phi) is 5.15. The van der Waals surface area contributed by atoms with Crippen LogP contribution in [0.4, 0.5) is 13.2 Å². The van der Waals surface area contributed by atoms with Crippen molar-refractivity contribution in [3.63, 3.8) is 0 Å². The number of halogens is 3. The van der Waals surface area contributed by atoms with Crippen LogP contribution in [0.25, 0.3) is 10.8 Å². The van der Waals surface area contributed by atoms with Crippen LogP contribution in [0.2, 0.25) is 0 Å². The van der Waals surface area contributed by atoms with Crippen molar-refractivity contribution in [3.05, 3.63) is 48.0 Å². The van der Waals surface area contributed by atoms with Gasteiger partial charge in [-0.15, -0.1) is 0 Å². The molecule has 0 aliphatic carbocycles. The van der Waals surface area contributed by atoms with Crippen molar-refractivity contribution in [3.8, 4) is 0 Å². The maximum absolute atomic E-state index is 12.8. The third-order valence-corrected chi connectivity index (χ3v) is 4.65. The van der Waals surface area contributed by atoms with E-state index in [1.54, 1.807) is 12.1 Å². The lowest BCUT2D eigenvalue weighted by Crippen LogP contribution is -2.48. The molecule has 2 aromatic rings. The summed E-state index contributed by atoms with van der Waals surface area (Å²) in [6.07, 6.45) is -3.95. The van der Waals surface area contributed by atoms with Crippen molar-refractivity contribution in [2.24, 2.45) is 5.92 Å². The molecule has 0 saturated carbocycles. The van der Waals surface area contributed by atoms with E-state index in [1.807, 2.05) is 30.3 Å². The summed E-state index contributed by atoms with van der Waals surface area (Å²) < 4.78 is 38.5. The number of nitrogens with zero attached hydrogens (tertiary/aromatic N) is 1. The van der Waals surface area contributed by atoms with Crippen LogP contribution in [0, 0.1) is 5.92 Å². The summed E-state index contributed by atoms with van der Waals surface area (Å²) in [5.74, 6) is -2.40. The standard InChI is InChI=1S/C19H19F3N2O2/c20-19(21,22)16-6-3-9-24(12-16)17(25)11-23-18(26)15-8-7-13-4-1-2-5-14(13)10-15/h1-2,4-5,7-8,10,16H,3,6,9,11-12H2,(H,23,26)/t16-/m1/s1. The number of hydrogen-bond acceptors (Lipinski definition) is 2. The highest BCUT2D eigenvalue weighted by atomic mass is 19.4. The van der Waals surface area contributed by atoms with Gasteiger partial charge in [0.05, 0.1) is 12.5 Å². The maximum atomic E-state index is 12.8. The first-order valence-corrected chi connectivity index (χ1v) is 8.46. The predicted octanol–water partition coefficient (Wildman–Crippen LogP) is 3.37. The van der Waals surface area contributed by atoms with Gasteiger partial charge in [-0.2, -0.15) is 13.2 Å². The molecule has 1 aliphatic rings. The summed E-state index contributed by atoms with van der Waals surface area (Å²) in [4.78, 5) is 25.6. The summed E-state index contributed by atoms with van der Waals surface area (Å²) >= 11 is 0. The first-order valence-electron chi connectivity index (χ1n) is 8.46. The van der Waals surface area contributed by atoms with E-state index in [1.165, 1.54) is 4.90 Å². The first-order chi connectivity index (χ1) is 12.3. The Morgan fingerprint density at radius 3 is 2.58 bits per heavy atom. The smallest absolute Gasteiger partial charge is 0.343 e.